The van der Waals surface area contributed by atoms with E-state index in [-0.39, 0.29) is 10.6 Å². The van der Waals surface area contributed by atoms with Crippen molar-refractivity contribution in [1.29, 1.82) is 0 Å². The van der Waals surface area contributed by atoms with E-state index >= 15 is 0 Å². The summed E-state index contributed by atoms with van der Waals surface area (Å²) in [7, 11) is 0. The fraction of sp³-hybridized carbons (Fsp3) is 0. The van der Waals surface area contributed by atoms with E-state index in [9.17, 15) is 9.90 Å². The second-order valence-corrected chi connectivity index (χ2v) is 5.27. The molecule has 1 aromatic heterocycles. The van der Waals surface area contributed by atoms with Crippen LogP contribution in [0.3, 0.4) is 0 Å². The van der Waals surface area contributed by atoms with Crippen LogP contribution in [0, 0.1) is 0 Å². The molecule has 0 saturated carbocycles. The van der Waals surface area contributed by atoms with Crippen molar-refractivity contribution in [3.05, 3.63) is 44.0 Å². The minimum Gasteiger partial charge on any atom is -0.478 e. The Balaban J connectivity index is 2.82. The summed E-state index contributed by atoms with van der Waals surface area (Å²) in [4.78, 5) is 11.3. The Kier molecular flexibility index (Phi) is 3.61. The third-order valence-corrected chi connectivity index (χ3v) is 4.02. The van der Waals surface area contributed by atoms with E-state index in [1.165, 1.54) is 6.26 Å². The number of carboxylic acids is 1. The average molecular weight is 380 g/mol. The summed E-state index contributed by atoms with van der Waals surface area (Å²) < 4.78 is 6.33. The average Bonchev–Trinajstić information content (AvgIpc) is 2.75. The van der Waals surface area contributed by atoms with Crippen molar-refractivity contribution in [2.24, 2.45) is 0 Å². The molecule has 17 heavy (non-hydrogen) atoms. The van der Waals surface area contributed by atoms with Crippen LogP contribution < -0.4 is 0 Å². The molecule has 88 valence electrons. The van der Waals surface area contributed by atoms with Gasteiger partial charge in [0.1, 0.15) is 5.76 Å². The second-order valence-electron chi connectivity index (χ2n) is 3.19. The molecule has 0 aliphatic carbocycles. The molecule has 0 fully saturated rings. The molecule has 3 nitrogen and oxygen atoms in total. The van der Waals surface area contributed by atoms with Crippen LogP contribution >= 0.6 is 43.5 Å². The van der Waals surface area contributed by atoms with Crippen LogP contribution in [-0.2, 0) is 0 Å². The Morgan fingerprint density at radius 1 is 1.35 bits per heavy atom. The largest absolute Gasteiger partial charge is 0.478 e. The Morgan fingerprint density at radius 3 is 2.59 bits per heavy atom. The standard InChI is InChI=1S/C11H5Br2ClO3/c12-5-4-6(13)10(14)9(11(15)16)8(5)7-2-1-3-17-7/h1-4H,(H,15,16). The number of rotatable bonds is 2. The number of carboxylic acid groups (broad SMARTS) is 1. The number of aromatic carboxylic acids is 1. The molecule has 1 N–H and O–H groups in total. The lowest BCUT2D eigenvalue weighted by Crippen LogP contribution is -2.02. The zero-order valence-corrected chi connectivity index (χ0v) is 12.1. The van der Waals surface area contributed by atoms with E-state index in [0.29, 0.717) is 20.3 Å². The minimum absolute atomic E-state index is 0.00265. The van der Waals surface area contributed by atoms with Crippen LogP contribution in [0.2, 0.25) is 5.02 Å². The first-order valence-electron chi connectivity index (χ1n) is 4.47. The van der Waals surface area contributed by atoms with Gasteiger partial charge in [0.15, 0.2) is 0 Å². The molecular formula is C11H5Br2ClO3. The van der Waals surface area contributed by atoms with Gasteiger partial charge < -0.3 is 9.52 Å². The first-order chi connectivity index (χ1) is 8.02. The molecule has 0 spiro atoms. The highest BCUT2D eigenvalue weighted by atomic mass is 79.9. The third kappa shape index (κ3) is 2.27. The fourth-order valence-electron chi connectivity index (χ4n) is 1.46. The zero-order valence-electron chi connectivity index (χ0n) is 8.21. The van der Waals surface area contributed by atoms with Crippen LogP contribution in [0.5, 0.6) is 0 Å². The highest BCUT2D eigenvalue weighted by Gasteiger charge is 2.22. The molecular weight excluding hydrogens is 375 g/mol. The molecule has 1 aromatic carbocycles. The van der Waals surface area contributed by atoms with Gasteiger partial charge >= 0.3 is 5.97 Å². The van der Waals surface area contributed by atoms with E-state index in [1.54, 1.807) is 18.2 Å². The summed E-state index contributed by atoms with van der Waals surface area (Å²) in [5, 5.41) is 9.37. The van der Waals surface area contributed by atoms with Gasteiger partial charge in [-0.25, -0.2) is 4.79 Å². The Hall–Kier alpha value is -0.780. The summed E-state index contributed by atoms with van der Waals surface area (Å²) in [6.45, 7) is 0. The molecule has 2 aromatic rings. The van der Waals surface area contributed by atoms with Gasteiger partial charge in [-0.05, 0) is 50.1 Å². The molecule has 0 radical (unpaired) electrons. The maximum atomic E-state index is 11.3. The summed E-state index contributed by atoms with van der Waals surface area (Å²) in [5.41, 5.74) is 0.429. The first kappa shape index (κ1) is 12.7. The number of benzene rings is 1. The van der Waals surface area contributed by atoms with Crippen molar-refractivity contribution in [2.45, 2.75) is 0 Å². The molecule has 0 bridgehead atoms. The molecule has 0 aliphatic heterocycles. The molecule has 1 heterocycles. The van der Waals surface area contributed by atoms with Crippen molar-refractivity contribution in [3.8, 4) is 11.3 Å². The van der Waals surface area contributed by atoms with E-state index in [2.05, 4.69) is 31.9 Å². The number of hydrogen-bond acceptors (Lipinski definition) is 2. The van der Waals surface area contributed by atoms with Crippen molar-refractivity contribution in [3.63, 3.8) is 0 Å². The Labute approximate surface area is 119 Å². The second kappa shape index (κ2) is 4.84. The van der Waals surface area contributed by atoms with Crippen LogP contribution in [0.1, 0.15) is 10.4 Å². The van der Waals surface area contributed by atoms with E-state index in [4.69, 9.17) is 16.0 Å². The molecule has 0 saturated heterocycles. The maximum absolute atomic E-state index is 11.3. The molecule has 2 rings (SSSR count). The van der Waals surface area contributed by atoms with Gasteiger partial charge in [-0.2, -0.15) is 0 Å². The van der Waals surface area contributed by atoms with Crippen LogP contribution in [0.4, 0.5) is 0 Å². The van der Waals surface area contributed by atoms with Crippen molar-refractivity contribution < 1.29 is 14.3 Å². The lowest BCUT2D eigenvalue weighted by Gasteiger charge is -2.09. The zero-order chi connectivity index (χ0) is 12.6. The van der Waals surface area contributed by atoms with Crippen molar-refractivity contribution in [1.82, 2.24) is 0 Å². The Morgan fingerprint density at radius 2 is 2.06 bits per heavy atom. The van der Waals surface area contributed by atoms with E-state index in [1.807, 2.05) is 0 Å². The van der Waals surface area contributed by atoms with Crippen LogP contribution in [0.25, 0.3) is 11.3 Å². The summed E-state index contributed by atoms with van der Waals surface area (Å²) in [6.07, 6.45) is 1.48. The quantitative estimate of drug-likeness (QED) is 0.760. The fourth-order valence-corrected chi connectivity index (χ4v) is 3.04. The lowest BCUT2D eigenvalue weighted by atomic mass is 10.1. The molecule has 0 atom stereocenters. The number of hydrogen-bond donors (Lipinski definition) is 1. The first-order valence-corrected chi connectivity index (χ1v) is 6.43. The molecule has 0 unspecified atom stereocenters. The van der Waals surface area contributed by atoms with Crippen LogP contribution in [-0.4, -0.2) is 11.1 Å². The third-order valence-electron chi connectivity index (χ3n) is 2.15. The molecule has 0 aliphatic rings. The predicted octanol–water partition coefficient (Wildman–Crippen LogP) is 4.82. The highest BCUT2D eigenvalue weighted by Crippen LogP contribution is 2.40. The summed E-state index contributed by atoms with van der Waals surface area (Å²) >= 11 is 12.5. The highest BCUT2D eigenvalue weighted by molar-refractivity contribution is 9.11. The van der Waals surface area contributed by atoms with Crippen molar-refractivity contribution >= 4 is 49.4 Å². The van der Waals surface area contributed by atoms with Gasteiger partial charge in [0.25, 0.3) is 0 Å². The lowest BCUT2D eigenvalue weighted by molar-refractivity contribution is 0.0697. The van der Waals surface area contributed by atoms with Gasteiger partial charge in [0, 0.05) is 14.5 Å². The predicted molar refractivity (Wildman–Crippen MR) is 71.5 cm³/mol. The van der Waals surface area contributed by atoms with Crippen molar-refractivity contribution in [2.75, 3.05) is 0 Å². The van der Waals surface area contributed by atoms with E-state index in [0.717, 1.165) is 0 Å². The van der Waals surface area contributed by atoms with Gasteiger partial charge in [-0.3, -0.25) is 0 Å². The van der Waals surface area contributed by atoms with Crippen LogP contribution in [0.15, 0.2) is 37.8 Å². The summed E-state index contributed by atoms with van der Waals surface area (Å²) in [6, 6.07) is 5.05. The Bertz CT molecular complexity index is 579. The molecule has 6 heteroatoms. The van der Waals surface area contributed by atoms with Gasteiger partial charge in [0.05, 0.1) is 16.8 Å². The smallest absolute Gasteiger partial charge is 0.338 e. The van der Waals surface area contributed by atoms with Gasteiger partial charge in [0.2, 0.25) is 0 Å². The summed E-state index contributed by atoms with van der Waals surface area (Å²) in [5.74, 6) is -0.660. The normalized spacial score (nSPS) is 10.5. The molecule has 0 amide bonds. The minimum atomic E-state index is -1.11. The maximum Gasteiger partial charge on any atom is 0.338 e. The SMILES string of the molecule is O=C(O)c1c(Cl)c(Br)cc(Br)c1-c1ccco1. The van der Waals surface area contributed by atoms with E-state index < -0.39 is 5.97 Å². The monoisotopic (exact) mass is 378 g/mol. The topological polar surface area (TPSA) is 50.4 Å². The number of halogens is 3. The number of carbonyl (C=O) groups is 1. The number of furan rings is 1. The van der Waals surface area contributed by atoms with Gasteiger partial charge in [-0.1, -0.05) is 11.6 Å². The van der Waals surface area contributed by atoms with Gasteiger partial charge in [-0.15, -0.1) is 0 Å².